The molecule has 2 amide bonds. The lowest BCUT2D eigenvalue weighted by atomic mass is 10.0. The van der Waals surface area contributed by atoms with Crippen LogP contribution in [-0.2, 0) is 9.53 Å². The molecule has 1 atom stereocenters. The third-order valence-electron chi connectivity index (χ3n) is 4.91. The minimum absolute atomic E-state index is 0.0684. The second kappa shape index (κ2) is 7.34. The van der Waals surface area contributed by atoms with Crippen LogP contribution in [-0.4, -0.2) is 60.5 Å². The predicted octanol–water partition coefficient (Wildman–Crippen LogP) is 2.16. The Balaban J connectivity index is 1.64. The van der Waals surface area contributed by atoms with Gasteiger partial charge in [0.05, 0.1) is 0 Å². The van der Waals surface area contributed by atoms with Crippen LogP contribution in [0.1, 0.15) is 40.7 Å². The summed E-state index contributed by atoms with van der Waals surface area (Å²) in [5, 5.41) is 0. The van der Waals surface area contributed by atoms with Gasteiger partial charge in [0.25, 0.3) is 11.8 Å². The molecule has 0 N–H and O–H groups in total. The molecule has 3 rings (SSSR count). The summed E-state index contributed by atoms with van der Waals surface area (Å²) in [4.78, 5) is 29.0. The van der Waals surface area contributed by atoms with Crippen LogP contribution in [0.15, 0.2) is 18.2 Å². The molecule has 0 aromatic heterocycles. The van der Waals surface area contributed by atoms with Crippen molar-refractivity contribution in [1.82, 2.24) is 9.80 Å². The molecule has 2 aliphatic rings. The van der Waals surface area contributed by atoms with Gasteiger partial charge in [-0.3, -0.25) is 9.59 Å². The number of benzene rings is 1. The Morgan fingerprint density at radius 3 is 2.50 bits per heavy atom. The summed E-state index contributed by atoms with van der Waals surface area (Å²) in [6, 6.07) is 5.93. The van der Waals surface area contributed by atoms with Gasteiger partial charge in [-0.2, -0.15) is 0 Å². The number of hydrogen-bond acceptors (Lipinski definition) is 3. The summed E-state index contributed by atoms with van der Waals surface area (Å²) in [7, 11) is 0. The van der Waals surface area contributed by atoms with E-state index in [4.69, 9.17) is 4.74 Å². The first-order valence-corrected chi connectivity index (χ1v) is 8.83. The van der Waals surface area contributed by atoms with Crippen LogP contribution in [0.5, 0.6) is 0 Å². The van der Waals surface area contributed by atoms with Gasteiger partial charge in [0.15, 0.2) is 0 Å². The monoisotopic (exact) mass is 330 g/mol. The maximum Gasteiger partial charge on any atom is 0.254 e. The zero-order valence-electron chi connectivity index (χ0n) is 14.6. The lowest BCUT2D eigenvalue weighted by molar-refractivity contribution is -0.140. The highest BCUT2D eigenvalue weighted by molar-refractivity contribution is 5.95. The first kappa shape index (κ1) is 17.0. The fourth-order valence-corrected chi connectivity index (χ4v) is 3.54. The van der Waals surface area contributed by atoms with Gasteiger partial charge in [0.1, 0.15) is 6.10 Å². The van der Waals surface area contributed by atoms with Crippen molar-refractivity contribution in [3.63, 3.8) is 0 Å². The molecule has 1 aromatic carbocycles. The van der Waals surface area contributed by atoms with E-state index in [-0.39, 0.29) is 17.9 Å². The Morgan fingerprint density at radius 2 is 1.79 bits per heavy atom. The van der Waals surface area contributed by atoms with E-state index < -0.39 is 0 Å². The Hall–Kier alpha value is -1.88. The second-order valence-electron chi connectivity index (χ2n) is 6.79. The van der Waals surface area contributed by atoms with Gasteiger partial charge >= 0.3 is 0 Å². The SMILES string of the molecule is Cc1ccc(C(=O)N2CCCN(C(=O)C3CCCO3)CC2)c(C)c1. The molecule has 1 aromatic rings. The molecular formula is C19H26N2O3. The number of carbonyl (C=O) groups is 2. The summed E-state index contributed by atoms with van der Waals surface area (Å²) >= 11 is 0. The lowest BCUT2D eigenvalue weighted by Crippen LogP contribution is -2.41. The van der Waals surface area contributed by atoms with E-state index in [1.165, 1.54) is 0 Å². The van der Waals surface area contributed by atoms with E-state index in [1.807, 2.05) is 41.8 Å². The highest BCUT2D eigenvalue weighted by Gasteiger charge is 2.30. The topological polar surface area (TPSA) is 49.9 Å². The van der Waals surface area contributed by atoms with Crippen LogP contribution in [0.4, 0.5) is 0 Å². The van der Waals surface area contributed by atoms with Gasteiger partial charge in [0.2, 0.25) is 0 Å². The van der Waals surface area contributed by atoms with Crippen molar-refractivity contribution < 1.29 is 14.3 Å². The number of amides is 2. The van der Waals surface area contributed by atoms with Crippen LogP contribution < -0.4 is 0 Å². The van der Waals surface area contributed by atoms with E-state index in [9.17, 15) is 9.59 Å². The van der Waals surface area contributed by atoms with E-state index in [1.54, 1.807) is 0 Å². The third-order valence-corrected chi connectivity index (χ3v) is 4.91. The lowest BCUT2D eigenvalue weighted by Gasteiger charge is -2.24. The van der Waals surface area contributed by atoms with Gasteiger partial charge in [-0.05, 0) is 44.7 Å². The molecule has 2 fully saturated rings. The molecule has 2 saturated heterocycles. The van der Waals surface area contributed by atoms with Crippen LogP contribution >= 0.6 is 0 Å². The van der Waals surface area contributed by atoms with Crippen molar-refractivity contribution in [2.75, 3.05) is 32.8 Å². The molecule has 5 nitrogen and oxygen atoms in total. The molecule has 0 spiro atoms. The number of rotatable bonds is 2. The van der Waals surface area contributed by atoms with E-state index in [2.05, 4.69) is 0 Å². The molecule has 1 unspecified atom stereocenters. The number of aryl methyl sites for hydroxylation is 2. The average Bonchev–Trinajstić information content (AvgIpc) is 2.98. The maximum absolute atomic E-state index is 12.8. The minimum atomic E-state index is -0.272. The molecule has 130 valence electrons. The maximum atomic E-state index is 12.8. The van der Waals surface area contributed by atoms with E-state index in [0.29, 0.717) is 32.8 Å². The molecule has 2 aliphatic heterocycles. The van der Waals surface area contributed by atoms with Gasteiger partial charge in [-0.25, -0.2) is 0 Å². The molecule has 0 aliphatic carbocycles. The summed E-state index contributed by atoms with van der Waals surface area (Å²) in [5.74, 6) is 0.159. The summed E-state index contributed by atoms with van der Waals surface area (Å²) in [6.45, 7) is 7.27. The van der Waals surface area contributed by atoms with Crippen molar-refractivity contribution in [3.05, 3.63) is 34.9 Å². The fourth-order valence-electron chi connectivity index (χ4n) is 3.54. The highest BCUT2D eigenvalue weighted by atomic mass is 16.5. The van der Waals surface area contributed by atoms with Crippen LogP contribution in [0.2, 0.25) is 0 Å². The Kier molecular flexibility index (Phi) is 5.19. The quantitative estimate of drug-likeness (QED) is 0.835. The Labute approximate surface area is 143 Å². The summed E-state index contributed by atoms with van der Waals surface area (Å²) < 4.78 is 5.51. The first-order chi connectivity index (χ1) is 11.6. The molecule has 24 heavy (non-hydrogen) atoms. The van der Waals surface area contributed by atoms with Crippen molar-refractivity contribution in [2.24, 2.45) is 0 Å². The number of ether oxygens (including phenoxy) is 1. The zero-order chi connectivity index (χ0) is 17.1. The van der Waals surface area contributed by atoms with Gasteiger partial charge in [-0.15, -0.1) is 0 Å². The fraction of sp³-hybridized carbons (Fsp3) is 0.579. The first-order valence-electron chi connectivity index (χ1n) is 8.83. The Bertz CT molecular complexity index is 623. The Morgan fingerprint density at radius 1 is 1.04 bits per heavy atom. The molecule has 5 heteroatoms. The van der Waals surface area contributed by atoms with Crippen molar-refractivity contribution in [1.29, 1.82) is 0 Å². The van der Waals surface area contributed by atoms with E-state index in [0.717, 1.165) is 36.0 Å². The molecular weight excluding hydrogens is 304 g/mol. The number of nitrogens with zero attached hydrogens (tertiary/aromatic N) is 2. The largest absolute Gasteiger partial charge is 0.368 e. The number of hydrogen-bond donors (Lipinski definition) is 0. The van der Waals surface area contributed by atoms with Crippen molar-refractivity contribution in [2.45, 2.75) is 39.2 Å². The normalized spacial score (nSPS) is 21.7. The van der Waals surface area contributed by atoms with Crippen molar-refractivity contribution >= 4 is 11.8 Å². The second-order valence-corrected chi connectivity index (χ2v) is 6.79. The third kappa shape index (κ3) is 3.61. The smallest absolute Gasteiger partial charge is 0.254 e. The van der Waals surface area contributed by atoms with Gasteiger partial charge < -0.3 is 14.5 Å². The summed E-state index contributed by atoms with van der Waals surface area (Å²) in [6.07, 6.45) is 2.32. The van der Waals surface area contributed by atoms with Crippen LogP contribution in [0.25, 0.3) is 0 Å². The molecule has 2 heterocycles. The van der Waals surface area contributed by atoms with Gasteiger partial charge in [-0.1, -0.05) is 17.7 Å². The number of carbonyl (C=O) groups excluding carboxylic acids is 2. The molecule has 0 bridgehead atoms. The van der Waals surface area contributed by atoms with Gasteiger partial charge in [0, 0.05) is 38.3 Å². The molecule has 0 saturated carbocycles. The van der Waals surface area contributed by atoms with Crippen LogP contribution in [0, 0.1) is 13.8 Å². The van der Waals surface area contributed by atoms with E-state index >= 15 is 0 Å². The zero-order valence-corrected chi connectivity index (χ0v) is 14.6. The average molecular weight is 330 g/mol. The highest BCUT2D eigenvalue weighted by Crippen LogP contribution is 2.18. The minimum Gasteiger partial charge on any atom is -0.368 e. The van der Waals surface area contributed by atoms with Crippen molar-refractivity contribution in [3.8, 4) is 0 Å². The summed E-state index contributed by atoms with van der Waals surface area (Å²) in [5.41, 5.74) is 2.93. The van der Waals surface area contributed by atoms with Crippen LogP contribution in [0.3, 0.4) is 0 Å². The standard InChI is InChI=1S/C19H26N2O3/c1-14-6-7-16(15(2)13-14)18(22)20-8-4-9-21(11-10-20)19(23)17-5-3-12-24-17/h6-7,13,17H,3-5,8-12H2,1-2H3. The predicted molar refractivity (Wildman–Crippen MR) is 92.0 cm³/mol. The molecule has 0 radical (unpaired) electrons.